The Balaban J connectivity index is 1.59. The van der Waals surface area contributed by atoms with Crippen molar-refractivity contribution >= 4 is 66.2 Å². The Morgan fingerprint density at radius 3 is 2.78 bits per heavy atom. The number of aromatic nitrogens is 2. The standard InChI is InChI=1S/C19H15BrN4OS2/c1-11-22-18(21-9-16(25)24-14-6-3-2-5-13(14)20)17-12(10-27-19(17)23-11)15-7-4-8-26-15/h2-8,10H,9H2,1H3,(H,24,25)(H,21,22,23). The SMILES string of the molecule is Cc1nc(NCC(=O)Nc2ccccc2Br)c2c(-c3cccs3)csc2n1. The van der Waals surface area contributed by atoms with Gasteiger partial charge in [0, 0.05) is 20.3 Å². The molecule has 0 saturated carbocycles. The number of carbonyl (C=O) groups excluding carboxylic acids is 1. The maximum atomic E-state index is 12.4. The number of para-hydroxylation sites is 1. The predicted octanol–water partition coefficient (Wildman–Crippen LogP) is 5.54. The van der Waals surface area contributed by atoms with Crippen LogP contribution in [0.1, 0.15) is 5.82 Å². The molecule has 4 rings (SSSR count). The second-order valence-electron chi connectivity index (χ2n) is 5.81. The lowest BCUT2D eigenvalue weighted by Gasteiger charge is -2.10. The third-order valence-electron chi connectivity index (χ3n) is 3.90. The first-order valence-corrected chi connectivity index (χ1v) is 10.7. The van der Waals surface area contributed by atoms with Crippen LogP contribution in [-0.2, 0) is 4.79 Å². The molecule has 1 amide bonds. The Labute approximate surface area is 172 Å². The van der Waals surface area contributed by atoms with E-state index in [1.54, 1.807) is 22.7 Å². The van der Waals surface area contributed by atoms with Crippen molar-refractivity contribution in [2.75, 3.05) is 17.2 Å². The molecule has 3 aromatic heterocycles. The fourth-order valence-electron chi connectivity index (χ4n) is 2.71. The van der Waals surface area contributed by atoms with E-state index in [1.165, 1.54) is 0 Å². The minimum Gasteiger partial charge on any atom is -0.360 e. The summed E-state index contributed by atoms with van der Waals surface area (Å²) in [5.41, 5.74) is 1.84. The van der Waals surface area contributed by atoms with Crippen LogP contribution in [0.3, 0.4) is 0 Å². The summed E-state index contributed by atoms with van der Waals surface area (Å²) in [4.78, 5) is 23.5. The van der Waals surface area contributed by atoms with Gasteiger partial charge < -0.3 is 10.6 Å². The van der Waals surface area contributed by atoms with Crippen LogP contribution in [0.25, 0.3) is 20.7 Å². The van der Waals surface area contributed by atoms with E-state index in [0.717, 1.165) is 30.8 Å². The normalized spacial score (nSPS) is 10.9. The highest BCUT2D eigenvalue weighted by molar-refractivity contribution is 9.10. The second kappa shape index (κ2) is 7.75. The third-order valence-corrected chi connectivity index (χ3v) is 6.36. The van der Waals surface area contributed by atoms with E-state index in [0.29, 0.717) is 11.6 Å². The van der Waals surface area contributed by atoms with E-state index in [9.17, 15) is 4.79 Å². The maximum absolute atomic E-state index is 12.4. The van der Waals surface area contributed by atoms with Gasteiger partial charge in [-0.1, -0.05) is 18.2 Å². The van der Waals surface area contributed by atoms with Gasteiger partial charge in [-0.15, -0.1) is 22.7 Å². The molecule has 0 unspecified atom stereocenters. The average molecular weight is 459 g/mol. The number of hydrogen-bond acceptors (Lipinski definition) is 6. The summed E-state index contributed by atoms with van der Waals surface area (Å²) in [6.45, 7) is 1.98. The van der Waals surface area contributed by atoms with E-state index in [-0.39, 0.29) is 12.5 Å². The van der Waals surface area contributed by atoms with Crippen molar-refractivity contribution in [3.8, 4) is 10.4 Å². The number of nitrogens with one attached hydrogen (secondary N) is 2. The van der Waals surface area contributed by atoms with Crippen LogP contribution in [0.5, 0.6) is 0 Å². The predicted molar refractivity (Wildman–Crippen MR) is 117 cm³/mol. The van der Waals surface area contributed by atoms with Crippen LogP contribution < -0.4 is 10.6 Å². The van der Waals surface area contributed by atoms with E-state index in [1.807, 2.05) is 42.6 Å². The minimum absolute atomic E-state index is 0.118. The van der Waals surface area contributed by atoms with Crippen LogP contribution in [0.15, 0.2) is 51.6 Å². The summed E-state index contributed by atoms with van der Waals surface area (Å²) < 4.78 is 0.844. The molecule has 27 heavy (non-hydrogen) atoms. The summed E-state index contributed by atoms with van der Waals surface area (Å²) in [6, 6.07) is 11.6. The Bertz CT molecular complexity index is 1110. The first kappa shape index (κ1) is 18.1. The number of thiophene rings is 2. The van der Waals surface area contributed by atoms with Crippen molar-refractivity contribution in [3.63, 3.8) is 0 Å². The molecule has 0 aliphatic heterocycles. The summed E-state index contributed by atoms with van der Waals surface area (Å²) in [6.07, 6.45) is 0. The number of carbonyl (C=O) groups is 1. The number of halogens is 1. The number of nitrogens with zero attached hydrogens (tertiary/aromatic N) is 2. The van der Waals surface area contributed by atoms with E-state index in [4.69, 9.17) is 0 Å². The highest BCUT2D eigenvalue weighted by Crippen LogP contribution is 2.38. The quantitative estimate of drug-likeness (QED) is 0.411. The summed E-state index contributed by atoms with van der Waals surface area (Å²) in [7, 11) is 0. The van der Waals surface area contributed by atoms with Crippen LogP contribution in [0.2, 0.25) is 0 Å². The molecule has 0 radical (unpaired) electrons. The largest absolute Gasteiger partial charge is 0.360 e. The van der Waals surface area contributed by atoms with E-state index in [2.05, 4.69) is 48.0 Å². The molecule has 5 nitrogen and oxygen atoms in total. The van der Waals surface area contributed by atoms with Crippen LogP contribution in [0.4, 0.5) is 11.5 Å². The Morgan fingerprint density at radius 1 is 1.15 bits per heavy atom. The van der Waals surface area contributed by atoms with Crippen LogP contribution in [-0.4, -0.2) is 22.4 Å². The monoisotopic (exact) mass is 458 g/mol. The van der Waals surface area contributed by atoms with Crippen molar-refractivity contribution in [1.29, 1.82) is 0 Å². The maximum Gasteiger partial charge on any atom is 0.243 e. The van der Waals surface area contributed by atoms with Crippen LogP contribution >= 0.6 is 38.6 Å². The number of anilines is 2. The molecule has 0 spiro atoms. The van der Waals surface area contributed by atoms with Crippen molar-refractivity contribution in [3.05, 3.63) is 57.5 Å². The fraction of sp³-hybridized carbons (Fsp3) is 0.105. The lowest BCUT2D eigenvalue weighted by Crippen LogP contribution is -2.22. The molecule has 2 N–H and O–H groups in total. The van der Waals surface area contributed by atoms with E-state index < -0.39 is 0 Å². The highest BCUT2D eigenvalue weighted by Gasteiger charge is 2.16. The average Bonchev–Trinajstić information content (AvgIpc) is 3.30. The Morgan fingerprint density at radius 2 is 2.00 bits per heavy atom. The molecular weight excluding hydrogens is 444 g/mol. The molecule has 0 saturated heterocycles. The first-order chi connectivity index (χ1) is 13.1. The third kappa shape index (κ3) is 3.87. The first-order valence-electron chi connectivity index (χ1n) is 8.20. The summed E-state index contributed by atoms with van der Waals surface area (Å²) >= 11 is 6.70. The topological polar surface area (TPSA) is 66.9 Å². The number of rotatable bonds is 5. The van der Waals surface area contributed by atoms with Crippen molar-refractivity contribution in [1.82, 2.24) is 9.97 Å². The molecule has 8 heteroatoms. The molecule has 0 aliphatic rings. The summed E-state index contributed by atoms with van der Waals surface area (Å²) in [5, 5.41) is 11.2. The lowest BCUT2D eigenvalue weighted by atomic mass is 10.2. The number of aryl methyl sites for hydroxylation is 1. The number of amides is 1. The molecule has 4 aromatic rings. The number of hydrogen-bond donors (Lipinski definition) is 2. The van der Waals surface area contributed by atoms with Gasteiger partial charge in [0.25, 0.3) is 0 Å². The molecule has 1 aromatic carbocycles. The van der Waals surface area contributed by atoms with Crippen molar-refractivity contribution in [2.45, 2.75) is 6.92 Å². The van der Waals surface area contributed by atoms with Gasteiger partial charge in [0.1, 0.15) is 16.5 Å². The smallest absolute Gasteiger partial charge is 0.243 e. The van der Waals surface area contributed by atoms with Gasteiger partial charge >= 0.3 is 0 Å². The van der Waals surface area contributed by atoms with Crippen LogP contribution in [0, 0.1) is 6.92 Å². The Kier molecular flexibility index (Phi) is 5.20. The van der Waals surface area contributed by atoms with Gasteiger partial charge in [-0.05, 0) is 46.4 Å². The second-order valence-corrected chi connectivity index (χ2v) is 8.47. The zero-order valence-electron chi connectivity index (χ0n) is 14.3. The fourth-order valence-corrected chi connectivity index (χ4v) is 4.90. The van der Waals surface area contributed by atoms with Gasteiger partial charge in [0.15, 0.2) is 0 Å². The molecular formula is C19H15BrN4OS2. The van der Waals surface area contributed by atoms with Gasteiger partial charge in [-0.25, -0.2) is 9.97 Å². The van der Waals surface area contributed by atoms with Gasteiger partial charge in [-0.3, -0.25) is 4.79 Å². The number of benzene rings is 1. The molecule has 0 atom stereocenters. The van der Waals surface area contributed by atoms with Crippen molar-refractivity contribution in [2.24, 2.45) is 0 Å². The van der Waals surface area contributed by atoms with Gasteiger partial charge in [0.2, 0.25) is 5.91 Å². The summed E-state index contributed by atoms with van der Waals surface area (Å²) in [5.74, 6) is 1.22. The van der Waals surface area contributed by atoms with E-state index >= 15 is 0 Å². The number of fused-ring (bicyclic) bond motifs is 1. The highest BCUT2D eigenvalue weighted by atomic mass is 79.9. The Hall–Kier alpha value is -2.29. The molecule has 0 aliphatic carbocycles. The van der Waals surface area contributed by atoms with Gasteiger partial charge in [0.05, 0.1) is 17.6 Å². The molecule has 0 bridgehead atoms. The molecule has 0 fully saturated rings. The minimum atomic E-state index is -0.140. The zero-order chi connectivity index (χ0) is 18.8. The molecule has 136 valence electrons. The van der Waals surface area contributed by atoms with Crippen molar-refractivity contribution < 1.29 is 4.79 Å². The lowest BCUT2D eigenvalue weighted by molar-refractivity contribution is -0.114. The zero-order valence-corrected chi connectivity index (χ0v) is 17.5. The van der Waals surface area contributed by atoms with Gasteiger partial charge in [-0.2, -0.15) is 0 Å². The molecule has 3 heterocycles.